The quantitative estimate of drug-likeness (QED) is 0.666. The molecule has 1 aromatic heterocycles. The molecular weight excluding hydrogens is 364 g/mol. The first-order valence-corrected chi connectivity index (χ1v) is 10.4. The molecule has 1 aliphatic heterocycles. The maximum absolute atomic E-state index is 12.9. The number of morpholine rings is 1. The van der Waals surface area contributed by atoms with E-state index in [9.17, 15) is 4.79 Å². The highest BCUT2D eigenvalue weighted by Crippen LogP contribution is 2.24. The SMILES string of the molecule is CCc1ccc2c(CC(=O)N[C@@H](CN3CCOCC3)c3ccccc3)coc2c1. The molecule has 2 aromatic carbocycles. The average Bonchev–Trinajstić information content (AvgIpc) is 3.16. The zero-order valence-electron chi connectivity index (χ0n) is 16.9. The van der Waals surface area contributed by atoms with Crippen LogP contribution in [0.2, 0.25) is 0 Å². The van der Waals surface area contributed by atoms with Crippen LogP contribution in [0.25, 0.3) is 11.0 Å². The van der Waals surface area contributed by atoms with Gasteiger partial charge in [0.15, 0.2) is 0 Å². The number of hydrogen-bond donors (Lipinski definition) is 1. The lowest BCUT2D eigenvalue weighted by Gasteiger charge is -2.31. The normalized spacial score (nSPS) is 16.0. The molecule has 0 radical (unpaired) electrons. The molecule has 1 fully saturated rings. The fraction of sp³-hybridized carbons (Fsp3) is 0.375. The van der Waals surface area contributed by atoms with E-state index in [4.69, 9.17) is 9.15 Å². The first-order valence-electron chi connectivity index (χ1n) is 10.4. The number of nitrogens with one attached hydrogen (secondary N) is 1. The summed E-state index contributed by atoms with van der Waals surface area (Å²) in [5, 5.41) is 4.26. The van der Waals surface area contributed by atoms with Gasteiger partial charge in [-0.3, -0.25) is 9.69 Å². The van der Waals surface area contributed by atoms with Crippen molar-refractivity contribution < 1.29 is 13.9 Å². The van der Waals surface area contributed by atoms with Crippen LogP contribution in [0.3, 0.4) is 0 Å². The summed E-state index contributed by atoms with van der Waals surface area (Å²) in [7, 11) is 0. The Hall–Kier alpha value is -2.63. The van der Waals surface area contributed by atoms with E-state index in [1.54, 1.807) is 6.26 Å². The zero-order chi connectivity index (χ0) is 20.1. The number of furan rings is 1. The number of amides is 1. The van der Waals surface area contributed by atoms with Crippen LogP contribution in [0.1, 0.15) is 29.7 Å². The monoisotopic (exact) mass is 392 g/mol. The molecule has 1 atom stereocenters. The summed E-state index contributed by atoms with van der Waals surface area (Å²) < 4.78 is 11.2. The van der Waals surface area contributed by atoms with E-state index in [1.807, 2.05) is 18.2 Å². The zero-order valence-corrected chi connectivity index (χ0v) is 16.9. The summed E-state index contributed by atoms with van der Waals surface area (Å²) in [5.41, 5.74) is 4.13. The summed E-state index contributed by atoms with van der Waals surface area (Å²) in [6.45, 7) is 6.19. The van der Waals surface area contributed by atoms with Gasteiger partial charge >= 0.3 is 0 Å². The van der Waals surface area contributed by atoms with E-state index in [0.29, 0.717) is 6.42 Å². The first-order chi connectivity index (χ1) is 14.2. The molecule has 0 bridgehead atoms. The summed E-state index contributed by atoms with van der Waals surface area (Å²) >= 11 is 0. The minimum absolute atomic E-state index is 0.00869. The lowest BCUT2D eigenvalue weighted by Crippen LogP contribution is -2.43. The van der Waals surface area contributed by atoms with Crippen molar-refractivity contribution in [2.75, 3.05) is 32.8 Å². The highest BCUT2D eigenvalue weighted by Gasteiger charge is 2.21. The van der Waals surface area contributed by atoms with Crippen molar-refractivity contribution in [3.05, 3.63) is 71.5 Å². The molecule has 0 saturated carbocycles. The smallest absolute Gasteiger partial charge is 0.225 e. The summed E-state index contributed by atoms with van der Waals surface area (Å²) in [6.07, 6.45) is 2.99. The van der Waals surface area contributed by atoms with Gasteiger partial charge in [0.05, 0.1) is 31.9 Å². The molecule has 1 saturated heterocycles. The molecule has 1 aliphatic rings. The fourth-order valence-corrected chi connectivity index (χ4v) is 3.86. The summed E-state index contributed by atoms with van der Waals surface area (Å²) in [4.78, 5) is 15.3. The largest absolute Gasteiger partial charge is 0.464 e. The third-order valence-corrected chi connectivity index (χ3v) is 5.56. The Morgan fingerprint density at radius 2 is 1.93 bits per heavy atom. The number of carbonyl (C=O) groups excluding carboxylic acids is 1. The molecule has 152 valence electrons. The van der Waals surface area contributed by atoms with Crippen molar-refractivity contribution in [2.45, 2.75) is 25.8 Å². The number of ether oxygens (including phenoxy) is 1. The van der Waals surface area contributed by atoms with E-state index >= 15 is 0 Å². The van der Waals surface area contributed by atoms with Gasteiger partial charge in [-0.15, -0.1) is 0 Å². The van der Waals surface area contributed by atoms with Gasteiger partial charge in [0, 0.05) is 30.6 Å². The summed E-state index contributed by atoms with van der Waals surface area (Å²) in [6, 6.07) is 16.3. The molecule has 1 N–H and O–H groups in total. The van der Waals surface area contributed by atoms with Crippen molar-refractivity contribution in [3.8, 4) is 0 Å². The van der Waals surface area contributed by atoms with Crippen molar-refractivity contribution in [2.24, 2.45) is 0 Å². The molecule has 1 amide bonds. The third-order valence-electron chi connectivity index (χ3n) is 5.56. The van der Waals surface area contributed by atoms with Crippen LogP contribution in [-0.2, 0) is 22.4 Å². The molecular formula is C24H28N2O3. The standard InChI is InChI=1S/C24H28N2O3/c1-2-18-8-9-21-20(17-29-23(21)14-18)15-24(27)25-22(19-6-4-3-5-7-19)16-26-10-12-28-13-11-26/h3-9,14,17,22H,2,10-13,15-16H2,1H3,(H,25,27)/t22-/m0/s1. The van der Waals surface area contributed by atoms with Crippen LogP contribution in [0, 0.1) is 0 Å². The molecule has 29 heavy (non-hydrogen) atoms. The molecule has 2 heterocycles. The van der Waals surface area contributed by atoms with Gasteiger partial charge in [-0.1, -0.05) is 49.4 Å². The van der Waals surface area contributed by atoms with Gasteiger partial charge in [0.2, 0.25) is 5.91 Å². The average molecular weight is 392 g/mol. The Morgan fingerprint density at radius 1 is 1.14 bits per heavy atom. The third kappa shape index (κ3) is 4.86. The number of rotatable bonds is 7. The maximum atomic E-state index is 12.9. The topological polar surface area (TPSA) is 54.7 Å². The van der Waals surface area contributed by atoms with E-state index in [0.717, 1.165) is 61.4 Å². The Morgan fingerprint density at radius 3 is 2.69 bits per heavy atom. The number of nitrogens with zero attached hydrogens (tertiary/aromatic N) is 1. The van der Waals surface area contributed by atoms with E-state index < -0.39 is 0 Å². The van der Waals surface area contributed by atoms with Crippen LogP contribution < -0.4 is 5.32 Å². The lowest BCUT2D eigenvalue weighted by atomic mass is 10.0. The van der Waals surface area contributed by atoms with Gasteiger partial charge in [-0.25, -0.2) is 0 Å². The second-order valence-corrected chi connectivity index (χ2v) is 7.57. The van der Waals surface area contributed by atoms with Gasteiger partial charge in [-0.05, 0) is 23.6 Å². The number of fused-ring (bicyclic) bond motifs is 1. The van der Waals surface area contributed by atoms with E-state index in [-0.39, 0.29) is 11.9 Å². The second kappa shape index (κ2) is 9.25. The van der Waals surface area contributed by atoms with Crippen molar-refractivity contribution >= 4 is 16.9 Å². The first kappa shape index (κ1) is 19.7. The maximum Gasteiger partial charge on any atom is 0.225 e. The summed E-state index contributed by atoms with van der Waals surface area (Å²) in [5.74, 6) is 0.00869. The number of hydrogen-bond acceptors (Lipinski definition) is 4. The second-order valence-electron chi connectivity index (χ2n) is 7.57. The Labute approximate surface area is 171 Å². The van der Waals surface area contributed by atoms with Crippen molar-refractivity contribution in [1.29, 1.82) is 0 Å². The predicted octanol–water partition coefficient (Wildman–Crippen LogP) is 3.73. The van der Waals surface area contributed by atoms with Gasteiger partial charge < -0.3 is 14.5 Å². The molecule has 0 aliphatic carbocycles. The van der Waals surface area contributed by atoms with Gasteiger partial charge in [0.25, 0.3) is 0 Å². The van der Waals surface area contributed by atoms with Crippen LogP contribution in [0.15, 0.2) is 59.2 Å². The minimum atomic E-state index is -0.0494. The Balaban J connectivity index is 1.47. The lowest BCUT2D eigenvalue weighted by molar-refractivity contribution is -0.121. The number of carbonyl (C=O) groups is 1. The van der Waals surface area contributed by atoms with E-state index in [2.05, 4.69) is 47.5 Å². The van der Waals surface area contributed by atoms with Gasteiger partial charge in [-0.2, -0.15) is 0 Å². The molecule has 5 heteroatoms. The molecule has 0 spiro atoms. The number of benzene rings is 2. The molecule has 3 aromatic rings. The molecule has 5 nitrogen and oxygen atoms in total. The van der Waals surface area contributed by atoms with Gasteiger partial charge in [0.1, 0.15) is 5.58 Å². The Bertz CT molecular complexity index is 945. The van der Waals surface area contributed by atoms with Crippen LogP contribution in [-0.4, -0.2) is 43.7 Å². The number of aryl methyl sites for hydroxylation is 1. The van der Waals surface area contributed by atoms with Crippen LogP contribution >= 0.6 is 0 Å². The van der Waals surface area contributed by atoms with Crippen LogP contribution in [0.5, 0.6) is 0 Å². The highest BCUT2D eigenvalue weighted by atomic mass is 16.5. The molecule has 4 rings (SSSR count). The molecule has 0 unspecified atom stereocenters. The van der Waals surface area contributed by atoms with Crippen molar-refractivity contribution in [3.63, 3.8) is 0 Å². The van der Waals surface area contributed by atoms with Crippen LogP contribution in [0.4, 0.5) is 0 Å². The predicted molar refractivity (Wildman–Crippen MR) is 114 cm³/mol. The fourth-order valence-electron chi connectivity index (χ4n) is 3.86. The minimum Gasteiger partial charge on any atom is -0.464 e. The van der Waals surface area contributed by atoms with Crippen molar-refractivity contribution in [1.82, 2.24) is 10.2 Å². The Kier molecular flexibility index (Phi) is 6.27. The highest BCUT2D eigenvalue weighted by molar-refractivity contribution is 5.88. The van der Waals surface area contributed by atoms with E-state index in [1.165, 1.54) is 5.56 Å².